The highest BCUT2D eigenvalue weighted by molar-refractivity contribution is 6.11. The molecule has 0 saturated carbocycles. The lowest BCUT2D eigenvalue weighted by atomic mass is 9.81. The quantitative estimate of drug-likeness (QED) is 0.392. The Bertz CT molecular complexity index is 1250. The van der Waals surface area contributed by atoms with Crippen molar-refractivity contribution in [2.24, 2.45) is 7.05 Å². The molecule has 0 radical (unpaired) electrons. The van der Waals surface area contributed by atoms with Crippen LogP contribution in [0.15, 0.2) is 54.1 Å². The zero-order valence-corrected chi connectivity index (χ0v) is 16.5. The topological polar surface area (TPSA) is 90.9 Å². The molecule has 0 aliphatic heterocycles. The Morgan fingerprint density at radius 2 is 2.00 bits per heavy atom. The van der Waals surface area contributed by atoms with E-state index in [-0.39, 0.29) is 17.3 Å². The molecule has 0 saturated heterocycles. The number of nitrogens with one attached hydrogen (secondary N) is 1. The molecule has 6 nitrogen and oxygen atoms in total. The molecular weight excluding hydrogens is 376 g/mol. The van der Waals surface area contributed by atoms with Crippen LogP contribution in [0.2, 0.25) is 0 Å². The lowest BCUT2D eigenvalue weighted by Gasteiger charge is -2.22. The van der Waals surface area contributed by atoms with Crippen LogP contribution >= 0.6 is 0 Å². The van der Waals surface area contributed by atoms with Gasteiger partial charge in [0, 0.05) is 29.8 Å². The normalized spacial score (nSPS) is 16.9. The van der Waals surface area contributed by atoms with Crippen molar-refractivity contribution in [2.75, 3.05) is 5.32 Å². The number of nitrogens with zero attached hydrogens (tertiary/aromatic N) is 3. The number of amides is 1. The van der Waals surface area contributed by atoms with Crippen molar-refractivity contribution in [1.29, 1.82) is 5.26 Å². The van der Waals surface area contributed by atoms with Gasteiger partial charge in [0.1, 0.15) is 11.8 Å². The average molecular weight is 396 g/mol. The van der Waals surface area contributed by atoms with Gasteiger partial charge in [0.15, 0.2) is 11.3 Å². The van der Waals surface area contributed by atoms with Crippen LogP contribution in [0, 0.1) is 11.3 Å². The molecule has 1 amide bonds. The zero-order chi connectivity index (χ0) is 20.8. The maximum Gasteiger partial charge on any atom is 0.270 e. The fourth-order valence-electron chi connectivity index (χ4n) is 4.79. The van der Waals surface area contributed by atoms with Crippen LogP contribution in [0.1, 0.15) is 41.1 Å². The fourth-order valence-corrected chi connectivity index (χ4v) is 4.79. The zero-order valence-electron chi connectivity index (χ0n) is 16.5. The Morgan fingerprint density at radius 1 is 1.20 bits per heavy atom. The highest BCUT2D eigenvalue weighted by Gasteiger charge is 2.39. The number of rotatable bonds is 3. The number of benzene rings is 2. The number of hydrogen-bond acceptors (Lipinski definition) is 4. The van der Waals surface area contributed by atoms with Crippen molar-refractivity contribution >= 4 is 17.4 Å². The first-order valence-corrected chi connectivity index (χ1v) is 9.99. The summed E-state index contributed by atoms with van der Waals surface area (Å²) in [7, 11) is 1.84. The first-order valence-electron chi connectivity index (χ1n) is 9.99. The number of para-hydroxylation sites is 1. The lowest BCUT2D eigenvalue weighted by Crippen LogP contribution is -2.16. The summed E-state index contributed by atoms with van der Waals surface area (Å²) in [5.74, 6) is -0.897. The molecule has 30 heavy (non-hydrogen) atoms. The SMILES string of the molecule is Cn1nc(C(O)=C(C#N)C(=O)Nc2ccccc2)c2c1-c1cccc3c1C2CCC3. The third kappa shape index (κ3) is 2.63. The summed E-state index contributed by atoms with van der Waals surface area (Å²) in [5, 5.41) is 27.8. The van der Waals surface area contributed by atoms with E-state index in [1.165, 1.54) is 11.1 Å². The van der Waals surface area contributed by atoms with Crippen molar-refractivity contribution in [1.82, 2.24) is 9.78 Å². The average Bonchev–Trinajstić information content (AvgIpc) is 3.27. The van der Waals surface area contributed by atoms with Gasteiger partial charge in [0.25, 0.3) is 5.91 Å². The first kappa shape index (κ1) is 18.2. The van der Waals surface area contributed by atoms with Crippen LogP contribution in [-0.4, -0.2) is 20.8 Å². The lowest BCUT2D eigenvalue weighted by molar-refractivity contribution is -0.112. The molecule has 0 spiro atoms. The monoisotopic (exact) mass is 396 g/mol. The number of aliphatic hydroxyl groups is 1. The van der Waals surface area contributed by atoms with E-state index in [0.29, 0.717) is 11.4 Å². The second-order valence-electron chi connectivity index (χ2n) is 7.71. The van der Waals surface area contributed by atoms with Crippen LogP contribution in [-0.2, 0) is 18.3 Å². The Hall–Kier alpha value is -3.85. The Kier molecular flexibility index (Phi) is 4.18. The number of aromatic nitrogens is 2. The number of carbonyl (C=O) groups excluding carboxylic acids is 1. The second-order valence-corrected chi connectivity index (χ2v) is 7.71. The standard InChI is InChI=1S/C24H20N4O2/c1-28-22-17-12-6-8-14-7-5-11-16(19(14)17)20(22)21(27-28)23(29)18(13-25)24(30)26-15-9-3-2-4-10-15/h2-4,6,8-10,12,16,29H,5,7,11H2,1H3,(H,26,30). The molecule has 1 atom stereocenters. The van der Waals surface area contributed by atoms with Gasteiger partial charge in [-0.2, -0.15) is 10.4 Å². The number of aliphatic hydroxyl groups excluding tert-OH is 1. The number of aryl methyl sites for hydroxylation is 2. The molecule has 2 aliphatic rings. The van der Waals surface area contributed by atoms with E-state index in [4.69, 9.17) is 0 Å². The molecule has 5 rings (SSSR count). The van der Waals surface area contributed by atoms with Gasteiger partial charge < -0.3 is 10.4 Å². The molecule has 1 aromatic heterocycles. The van der Waals surface area contributed by atoms with E-state index in [9.17, 15) is 15.2 Å². The molecule has 2 aromatic carbocycles. The van der Waals surface area contributed by atoms with E-state index in [1.54, 1.807) is 28.9 Å². The minimum atomic E-state index is -0.652. The predicted molar refractivity (Wildman–Crippen MR) is 114 cm³/mol. The Labute approximate surface area is 174 Å². The molecule has 3 aromatic rings. The molecule has 1 heterocycles. The summed E-state index contributed by atoms with van der Waals surface area (Å²) >= 11 is 0. The van der Waals surface area contributed by atoms with Crippen molar-refractivity contribution in [2.45, 2.75) is 25.2 Å². The highest BCUT2D eigenvalue weighted by Crippen LogP contribution is 2.52. The minimum Gasteiger partial charge on any atom is -0.504 e. The van der Waals surface area contributed by atoms with Crippen molar-refractivity contribution < 1.29 is 9.90 Å². The van der Waals surface area contributed by atoms with Crippen LogP contribution in [0.3, 0.4) is 0 Å². The van der Waals surface area contributed by atoms with Gasteiger partial charge in [-0.3, -0.25) is 9.48 Å². The van der Waals surface area contributed by atoms with Gasteiger partial charge in [0.2, 0.25) is 0 Å². The Balaban J connectivity index is 1.62. The molecule has 2 N–H and O–H groups in total. The van der Waals surface area contributed by atoms with Crippen molar-refractivity contribution in [3.05, 3.63) is 76.5 Å². The first-order chi connectivity index (χ1) is 14.6. The molecule has 148 valence electrons. The fraction of sp³-hybridized carbons (Fsp3) is 0.208. The summed E-state index contributed by atoms with van der Waals surface area (Å²) in [5.41, 5.74) is 6.17. The molecule has 0 fully saturated rings. The third-order valence-corrected chi connectivity index (χ3v) is 6.00. The maximum absolute atomic E-state index is 12.7. The summed E-state index contributed by atoms with van der Waals surface area (Å²) in [6, 6.07) is 17.0. The molecular formula is C24H20N4O2. The predicted octanol–water partition coefficient (Wildman–Crippen LogP) is 4.30. The van der Waals surface area contributed by atoms with E-state index >= 15 is 0 Å². The molecule has 1 unspecified atom stereocenters. The van der Waals surface area contributed by atoms with Crippen LogP contribution in [0.5, 0.6) is 0 Å². The molecule has 0 bridgehead atoms. The Morgan fingerprint density at radius 3 is 2.77 bits per heavy atom. The summed E-state index contributed by atoms with van der Waals surface area (Å²) in [6.45, 7) is 0. The van der Waals surface area contributed by atoms with E-state index in [2.05, 4.69) is 28.6 Å². The maximum atomic E-state index is 12.7. The van der Waals surface area contributed by atoms with E-state index in [1.807, 2.05) is 19.2 Å². The summed E-state index contributed by atoms with van der Waals surface area (Å²) in [6.07, 6.45) is 3.06. The highest BCUT2D eigenvalue weighted by atomic mass is 16.3. The molecule has 6 heteroatoms. The van der Waals surface area contributed by atoms with Gasteiger partial charge >= 0.3 is 0 Å². The number of carbonyl (C=O) groups is 1. The van der Waals surface area contributed by atoms with Crippen LogP contribution in [0.4, 0.5) is 5.69 Å². The van der Waals surface area contributed by atoms with Gasteiger partial charge in [-0.05, 0) is 42.5 Å². The van der Waals surface area contributed by atoms with Crippen molar-refractivity contribution in [3.8, 4) is 17.3 Å². The van der Waals surface area contributed by atoms with Gasteiger partial charge in [0.05, 0.1) is 5.69 Å². The van der Waals surface area contributed by atoms with Crippen LogP contribution in [0.25, 0.3) is 17.0 Å². The van der Waals surface area contributed by atoms with Gasteiger partial charge in [-0.15, -0.1) is 0 Å². The van der Waals surface area contributed by atoms with E-state index in [0.717, 1.165) is 36.1 Å². The second kappa shape index (κ2) is 6.89. The van der Waals surface area contributed by atoms with Gasteiger partial charge in [-0.1, -0.05) is 36.4 Å². The van der Waals surface area contributed by atoms with Crippen LogP contribution < -0.4 is 5.32 Å². The number of hydrogen-bond donors (Lipinski definition) is 2. The summed E-state index contributed by atoms with van der Waals surface area (Å²) < 4.78 is 1.75. The van der Waals surface area contributed by atoms with Gasteiger partial charge in [-0.25, -0.2) is 0 Å². The largest absolute Gasteiger partial charge is 0.504 e. The number of anilines is 1. The minimum absolute atomic E-state index is 0.128. The smallest absolute Gasteiger partial charge is 0.270 e. The summed E-state index contributed by atoms with van der Waals surface area (Å²) in [4.78, 5) is 12.7. The number of nitriles is 1. The molecule has 2 aliphatic carbocycles. The third-order valence-electron chi connectivity index (χ3n) is 6.00. The van der Waals surface area contributed by atoms with Crippen molar-refractivity contribution in [3.63, 3.8) is 0 Å². The number of fused-ring (bicyclic) bond motifs is 3. The van der Waals surface area contributed by atoms with E-state index < -0.39 is 5.91 Å².